The number of amides is 2. The molecule has 0 unspecified atom stereocenters. The summed E-state index contributed by atoms with van der Waals surface area (Å²) >= 11 is 6.24. The van der Waals surface area contributed by atoms with Gasteiger partial charge >= 0.3 is 6.03 Å². The summed E-state index contributed by atoms with van der Waals surface area (Å²) in [6.07, 6.45) is 1.89. The van der Waals surface area contributed by atoms with Crippen LogP contribution in [0.1, 0.15) is 28.4 Å². The number of nitrogens with zero attached hydrogens (tertiary/aromatic N) is 2. The first-order valence-corrected chi connectivity index (χ1v) is 10.8. The first kappa shape index (κ1) is 21.2. The molecule has 7 heteroatoms. The molecule has 0 bridgehead atoms. The van der Waals surface area contributed by atoms with E-state index in [-0.39, 0.29) is 6.54 Å². The van der Waals surface area contributed by atoms with Gasteiger partial charge in [0.1, 0.15) is 11.6 Å². The van der Waals surface area contributed by atoms with E-state index in [1.54, 1.807) is 23.1 Å². The number of urea groups is 1. The van der Waals surface area contributed by atoms with Crippen molar-refractivity contribution in [3.05, 3.63) is 118 Å². The number of carbonyl (C=O) groups is 1. The molecule has 0 spiro atoms. The molecule has 0 saturated carbocycles. The smallest absolute Gasteiger partial charge is 0.318 e. The Morgan fingerprint density at radius 1 is 1.00 bits per heavy atom. The fraction of sp³-hybridized carbons (Fsp3) is 0.115. The highest BCUT2D eigenvalue weighted by Crippen LogP contribution is 2.37. The summed E-state index contributed by atoms with van der Waals surface area (Å²) in [5.74, 6) is -1.40. The Morgan fingerprint density at radius 2 is 1.76 bits per heavy atom. The highest BCUT2D eigenvalue weighted by molar-refractivity contribution is 6.31. The minimum atomic E-state index is -0.725. The van der Waals surface area contributed by atoms with E-state index in [1.807, 2.05) is 54.1 Å². The molecule has 2 heterocycles. The van der Waals surface area contributed by atoms with Crippen molar-refractivity contribution in [1.82, 2.24) is 9.47 Å². The minimum absolute atomic E-state index is 0.242. The van der Waals surface area contributed by atoms with Crippen molar-refractivity contribution in [3.63, 3.8) is 0 Å². The SMILES string of the molecule is Cc1c(Cl)cccc1NC(=O)N1Cc2ccccc2-n2cccc2[C@@H]1c1cc(F)cc(F)c1. The molecule has 1 aliphatic rings. The van der Waals surface area contributed by atoms with Crippen LogP contribution < -0.4 is 5.32 Å². The molecule has 0 aliphatic carbocycles. The highest BCUT2D eigenvalue weighted by Gasteiger charge is 2.33. The number of halogens is 3. The summed E-state index contributed by atoms with van der Waals surface area (Å²) in [6.45, 7) is 2.06. The van der Waals surface area contributed by atoms with Gasteiger partial charge in [-0.2, -0.15) is 0 Å². The Hall–Kier alpha value is -3.64. The van der Waals surface area contributed by atoms with Crippen LogP contribution in [0.5, 0.6) is 0 Å². The number of aromatic nitrogens is 1. The maximum absolute atomic E-state index is 14.2. The van der Waals surface area contributed by atoms with E-state index in [2.05, 4.69) is 5.32 Å². The van der Waals surface area contributed by atoms with Crippen LogP contribution in [0.4, 0.5) is 19.3 Å². The lowest BCUT2D eigenvalue weighted by Gasteiger charge is -2.31. The summed E-state index contributed by atoms with van der Waals surface area (Å²) in [4.78, 5) is 15.2. The van der Waals surface area contributed by atoms with Gasteiger partial charge in [-0.25, -0.2) is 13.6 Å². The third-order valence-electron chi connectivity index (χ3n) is 5.93. The predicted octanol–water partition coefficient (Wildman–Crippen LogP) is 6.85. The standard InChI is InChI=1S/C26H20ClF2N3O/c1-16-21(27)7-4-8-22(16)30-26(33)32-15-17-6-2-3-9-23(17)31-11-5-10-24(31)25(32)18-12-19(28)14-20(29)13-18/h2-14,25H,15H2,1H3,(H,30,33)/t25-/m0/s1. The van der Waals surface area contributed by atoms with Crippen LogP contribution >= 0.6 is 11.6 Å². The molecule has 1 aromatic heterocycles. The second kappa shape index (κ2) is 8.37. The van der Waals surface area contributed by atoms with Gasteiger partial charge in [0.05, 0.1) is 18.3 Å². The van der Waals surface area contributed by atoms with Crippen molar-refractivity contribution < 1.29 is 13.6 Å². The van der Waals surface area contributed by atoms with Gasteiger partial charge in [0.2, 0.25) is 0 Å². The van der Waals surface area contributed by atoms with Crippen molar-refractivity contribution in [2.45, 2.75) is 19.5 Å². The fourth-order valence-electron chi connectivity index (χ4n) is 4.35. The number of para-hydroxylation sites is 1. The van der Waals surface area contributed by atoms with Gasteiger partial charge in [0, 0.05) is 28.7 Å². The van der Waals surface area contributed by atoms with Gasteiger partial charge in [-0.05, 0) is 66.1 Å². The maximum atomic E-state index is 14.2. The first-order valence-electron chi connectivity index (χ1n) is 10.5. The predicted molar refractivity (Wildman–Crippen MR) is 125 cm³/mol. The Kier molecular flexibility index (Phi) is 5.38. The largest absolute Gasteiger partial charge is 0.322 e. The molecule has 0 saturated heterocycles. The molecule has 0 radical (unpaired) electrons. The quantitative estimate of drug-likeness (QED) is 0.346. The van der Waals surface area contributed by atoms with Gasteiger partial charge < -0.3 is 14.8 Å². The molecule has 1 aliphatic heterocycles. The lowest BCUT2D eigenvalue weighted by Crippen LogP contribution is -2.38. The minimum Gasteiger partial charge on any atom is -0.318 e. The van der Waals surface area contributed by atoms with Gasteiger partial charge in [-0.1, -0.05) is 35.9 Å². The van der Waals surface area contributed by atoms with Gasteiger partial charge in [-0.15, -0.1) is 0 Å². The van der Waals surface area contributed by atoms with Crippen molar-refractivity contribution >= 4 is 23.3 Å². The number of hydrogen-bond acceptors (Lipinski definition) is 1. The molecule has 2 amide bonds. The van der Waals surface area contributed by atoms with Crippen molar-refractivity contribution in [2.75, 3.05) is 5.32 Å². The Bertz CT molecular complexity index is 1350. The third-order valence-corrected chi connectivity index (χ3v) is 6.34. The van der Waals surface area contributed by atoms with Crippen LogP contribution in [0.2, 0.25) is 5.02 Å². The molecule has 4 nitrogen and oxygen atoms in total. The summed E-state index contributed by atoms with van der Waals surface area (Å²) in [5.41, 5.74) is 4.20. The molecule has 4 aromatic rings. The Labute approximate surface area is 195 Å². The van der Waals surface area contributed by atoms with Gasteiger partial charge in [-0.3, -0.25) is 0 Å². The van der Waals surface area contributed by atoms with Crippen LogP contribution in [-0.4, -0.2) is 15.5 Å². The molecule has 3 aromatic carbocycles. The highest BCUT2D eigenvalue weighted by atomic mass is 35.5. The fourth-order valence-corrected chi connectivity index (χ4v) is 4.53. The first-order chi connectivity index (χ1) is 15.9. The van der Waals surface area contributed by atoms with Crippen LogP contribution in [0.15, 0.2) is 79.0 Å². The van der Waals surface area contributed by atoms with Crippen molar-refractivity contribution in [3.8, 4) is 5.69 Å². The van der Waals surface area contributed by atoms with E-state index in [0.717, 1.165) is 28.6 Å². The van der Waals surface area contributed by atoms with Crippen LogP contribution in [-0.2, 0) is 6.54 Å². The number of carbonyl (C=O) groups excluding carboxylic acids is 1. The number of rotatable bonds is 2. The molecular weight excluding hydrogens is 444 g/mol. The summed E-state index contributed by atoms with van der Waals surface area (Å²) in [7, 11) is 0. The van der Waals surface area contributed by atoms with E-state index in [9.17, 15) is 13.6 Å². The van der Waals surface area contributed by atoms with E-state index >= 15 is 0 Å². The lowest BCUT2D eigenvalue weighted by atomic mass is 10.0. The summed E-state index contributed by atoms with van der Waals surface area (Å²) in [5, 5.41) is 3.47. The summed E-state index contributed by atoms with van der Waals surface area (Å²) in [6, 6.07) is 19.0. The molecule has 0 fully saturated rings. The average molecular weight is 464 g/mol. The van der Waals surface area contributed by atoms with E-state index in [1.165, 1.54) is 12.1 Å². The zero-order valence-electron chi connectivity index (χ0n) is 17.7. The number of hydrogen-bond donors (Lipinski definition) is 1. The second-order valence-electron chi connectivity index (χ2n) is 8.01. The number of benzene rings is 3. The third kappa shape index (κ3) is 3.87. The van der Waals surface area contributed by atoms with E-state index in [0.29, 0.717) is 16.3 Å². The van der Waals surface area contributed by atoms with E-state index < -0.39 is 23.7 Å². The lowest BCUT2D eigenvalue weighted by molar-refractivity contribution is 0.194. The second-order valence-corrected chi connectivity index (χ2v) is 8.41. The molecule has 1 atom stereocenters. The normalized spacial score (nSPS) is 14.9. The number of fused-ring (bicyclic) bond motifs is 3. The Morgan fingerprint density at radius 3 is 2.55 bits per heavy atom. The average Bonchev–Trinajstić information content (AvgIpc) is 3.20. The van der Waals surface area contributed by atoms with Crippen LogP contribution in [0.25, 0.3) is 5.69 Å². The number of anilines is 1. The molecular formula is C26H20ClF2N3O. The molecule has 166 valence electrons. The topological polar surface area (TPSA) is 37.3 Å². The zero-order chi connectivity index (χ0) is 23.1. The van der Waals surface area contributed by atoms with Gasteiger partial charge in [0.15, 0.2) is 0 Å². The van der Waals surface area contributed by atoms with Gasteiger partial charge in [0.25, 0.3) is 0 Å². The zero-order valence-corrected chi connectivity index (χ0v) is 18.5. The molecule has 1 N–H and O–H groups in total. The maximum Gasteiger partial charge on any atom is 0.322 e. The summed E-state index contributed by atoms with van der Waals surface area (Å²) < 4.78 is 30.4. The number of nitrogens with one attached hydrogen (secondary N) is 1. The van der Waals surface area contributed by atoms with E-state index in [4.69, 9.17) is 11.6 Å². The van der Waals surface area contributed by atoms with Crippen LogP contribution in [0, 0.1) is 18.6 Å². The van der Waals surface area contributed by atoms with Crippen LogP contribution in [0.3, 0.4) is 0 Å². The Balaban J connectivity index is 1.66. The molecule has 5 rings (SSSR count). The monoisotopic (exact) mass is 463 g/mol. The van der Waals surface area contributed by atoms with Crippen molar-refractivity contribution in [1.29, 1.82) is 0 Å². The molecule has 33 heavy (non-hydrogen) atoms. The van der Waals surface area contributed by atoms with Crippen molar-refractivity contribution in [2.24, 2.45) is 0 Å².